The van der Waals surface area contributed by atoms with Crippen LogP contribution >= 0.6 is 11.6 Å². The van der Waals surface area contributed by atoms with Crippen LogP contribution in [0.3, 0.4) is 0 Å². The minimum Gasteiger partial charge on any atom is -0.351 e. The molecule has 0 atom stereocenters. The molecule has 0 aromatic heterocycles. The first-order chi connectivity index (χ1) is 13.5. The van der Waals surface area contributed by atoms with Crippen LogP contribution in [0.25, 0.3) is 0 Å². The largest absolute Gasteiger partial charge is 0.351 e. The number of carbonyl (C=O) groups is 1. The highest BCUT2D eigenvalue weighted by Gasteiger charge is 2.29. The Morgan fingerprint density at radius 1 is 0.966 bits per heavy atom. The molecule has 0 heterocycles. The van der Waals surface area contributed by atoms with E-state index in [1.807, 2.05) is 46.8 Å². The van der Waals surface area contributed by atoms with Gasteiger partial charge in [0.2, 0.25) is 5.91 Å². The van der Waals surface area contributed by atoms with Crippen LogP contribution in [0.15, 0.2) is 53.4 Å². The van der Waals surface area contributed by atoms with Crippen LogP contribution in [-0.4, -0.2) is 26.9 Å². The standard InChI is InChI=1S/C22H29ClN2O3S/c1-15(2)22(16(3)4)24-21(26)14-25(19-10-6-17(5)7-11-19)29(27,28)20-12-8-18(23)9-13-20/h6-13,15-16,22H,14H2,1-5H3,(H,24,26). The van der Waals surface area contributed by atoms with E-state index in [-0.39, 0.29) is 35.2 Å². The molecule has 2 aromatic carbocycles. The van der Waals surface area contributed by atoms with Crippen LogP contribution in [0.1, 0.15) is 33.3 Å². The lowest BCUT2D eigenvalue weighted by atomic mass is 9.93. The zero-order valence-electron chi connectivity index (χ0n) is 17.5. The summed E-state index contributed by atoms with van der Waals surface area (Å²) in [7, 11) is -3.94. The number of carbonyl (C=O) groups excluding carboxylic acids is 1. The smallest absolute Gasteiger partial charge is 0.264 e. The van der Waals surface area contributed by atoms with Crippen molar-refractivity contribution in [2.75, 3.05) is 10.8 Å². The number of aryl methyl sites for hydroxylation is 1. The van der Waals surface area contributed by atoms with E-state index in [9.17, 15) is 13.2 Å². The van der Waals surface area contributed by atoms with E-state index in [1.165, 1.54) is 24.3 Å². The Labute approximate surface area is 179 Å². The molecule has 7 heteroatoms. The molecule has 5 nitrogen and oxygen atoms in total. The predicted molar refractivity (Wildman–Crippen MR) is 119 cm³/mol. The van der Waals surface area contributed by atoms with Crippen molar-refractivity contribution in [3.8, 4) is 0 Å². The number of benzene rings is 2. The van der Waals surface area contributed by atoms with Gasteiger partial charge in [0.1, 0.15) is 6.54 Å². The lowest BCUT2D eigenvalue weighted by Gasteiger charge is -2.29. The molecule has 0 bridgehead atoms. The maximum absolute atomic E-state index is 13.3. The second-order valence-electron chi connectivity index (χ2n) is 7.88. The minimum absolute atomic E-state index is 0.0411. The zero-order valence-corrected chi connectivity index (χ0v) is 19.1. The molecule has 0 saturated heterocycles. The summed E-state index contributed by atoms with van der Waals surface area (Å²) < 4.78 is 27.8. The van der Waals surface area contributed by atoms with Crippen LogP contribution in [0, 0.1) is 18.8 Å². The Balaban J connectivity index is 2.39. The van der Waals surface area contributed by atoms with Gasteiger partial charge in [0.25, 0.3) is 10.0 Å². The van der Waals surface area contributed by atoms with Gasteiger partial charge in [-0.1, -0.05) is 57.0 Å². The molecular weight excluding hydrogens is 408 g/mol. The summed E-state index contributed by atoms with van der Waals surface area (Å²) in [6.45, 7) is 9.76. The minimum atomic E-state index is -3.94. The SMILES string of the molecule is Cc1ccc(N(CC(=O)NC(C(C)C)C(C)C)S(=O)(=O)c2ccc(Cl)cc2)cc1. The molecule has 0 fully saturated rings. The summed E-state index contributed by atoms with van der Waals surface area (Å²) in [5, 5.41) is 3.44. The zero-order chi connectivity index (χ0) is 21.8. The Morgan fingerprint density at radius 2 is 1.48 bits per heavy atom. The second-order valence-corrected chi connectivity index (χ2v) is 10.2. The first kappa shape index (κ1) is 23.2. The molecule has 0 spiro atoms. The molecule has 29 heavy (non-hydrogen) atoms. The molecule has 2 aromatic rings. The Kier molecular flexibility index (Phi) is 7.72. The number of nitrogens with zero attached hydrogens (tertiary/aromatic N) is 1. The van der Waals surface area contributed by atoms with Crippen LogP contribution in [-0.2, 0) is 14.8 Å². The van der Waals surface area contributed by atoms with Gasteiger partial charge in [-0.2, -0.15) is 0 Å². The number of amides is 1. The average molecular weight is 437 g/mol. The van der Waals surface area contributed by atoms with Gasteiger partial charge >= 0.3 is 0 Å². The van der Waals surface area contributed by atoms with Crippen LogP contribution in [0.4, 0.5) is 5.69 Å². The number of rotatable bonds is 8. The quantitative estimate of drug-likeness (QED) is 0.655. The maximum atomic E-state index is 13.3. The molecule has 158 valence electrons. The molecule has 0 aliphatic rings. The van der Waals surface area contributed by atoms with Gasteiger partial charge < -0.3 is 5.32 Å². The normalized spacial score (nSPS) is 11.9. The summed E-state index contributed by atoms with van der Waals surface area (Å²) in [6, 6.07) is 13.0. The summed E-state index contributed by atoms with van der Waals surface area (Å²) in [4.78, 5) is 12.9. The highest BCUT2D eigenvalue weighted by molar-refractivity contribution is 7.92. The fourth-order valence-electron chi connectivity index (χ4n) is 3.22. The van der Waals surface area contributed by atoms with Crippen molar-refractivity contribution >= 4 is 33.2 Å². The fourth-order valence-corrected chi connectivity index (χ4v) is 4.77. The van der Waals surface area contributed by atoms with Crippen molar-refractivity contribution in [2.24, 2.45) is 11.8 Å². The Bertz CT molecular complexity index is 916. The maximum Gasteiger partial charge on any atom is 0.264 e. The summed E-state index contributed by atoms with van der Waals surface area (Å²) >= 11 is 5.90. The summed E-state index contributed by atoms with van der Waals surface area (Å²) in [5.74, 6) is 0.134. The molecule has 1 N–H and O–H groups in total. The van der Waals surface area contributed by atoms with Crippen LogP contribution in [0.5, 0.6) is 0 Å². The van der Waals surface area contributed by atoms with Gasteiger partial charge in [-0.25, -0.2) is 8.42 Å². The third kappa shape index (κ3) is 5.97. The van der Waals surface area contributed by atoms with Crippen molar-refractivity contribution in [3.63, 3.8) is 0 Å². The van der Waals surface area contributed by atoms with Crippen molar-refractivity contribution < 1.29 is 13.2 Å². The third-order valence-electron chi connectivity index (χ3n) is 4.77. The molecular formula is C22H29ClN2O3S. The number of anilines is 1. The van der Waals surface area contributed by atoms with E-state index in [4.69, 9.17) is 11.6 Å². The van der Waals surface area contributed by atoms with Gasteiger partial charge in [0, 0.05) is 11.1 Å². The van der Waals surface area contributed by atoms with E-state index in [2.05, 4.69) is 5.32 Å². The lowest BCUT2D eigenvalue weighted by Crippen LogP contribution is -2.47. The molecule has 0 aliphatic carbocycles. The van der Waals surface area contributed by atoms with Crippen LogP contribution in [0.2, 0.25) is 5.02 Å². The summed E-state index contributed by atoms with van der Waals surface area (Å²) in [5.41, 5.74) is 1.44. The molecule has 1 amide bonds. The summed E-state index contributed by atoms with van der Waals surface area (Å²) in [6.07, 6.45) is 0. The molecule has 0 unspecified atom stereocenters. The van der Waals surface area contributed by atoms with E-state index in [0.717, 1.165) is 9.87 Å². The topological polar surface area (TPSA) is 66.5 Å². The number of sulfonamides is 1. The Hall–Kier alpha value is -2.05. The van der Waals surface area contributed by atoms with E-state index < -0.39 is 10.0 Å². The molecule has 0 radical (unpaired) electrons. The monoisotopic (exact) mass is 436 g/mol. The van der Waals surface area contributed by atoms with Gasteiger partial charge in [0.05, 0.1) is 10.6 Å². The molecule has 0 aliphatic heterocycles. The number of halogens is 1. The van der Waals surface area contributed by atoms with Crippen molar-refractivity contribution in [1.29, 1.82) is 0 Å². The van der Waals surface area contributed by atoms with Crippen molar-refractivity contribution in [1.82, 2.24) is 5.32 Å². The average Bonchev–Trinajstić information content (AvgIpc) is 2.65. The highest BCUT2D eigenvalue weighted by atomic mass is 35.5. The number of hydrogen-bond donors (Lipinski definition) is 1. The first-order valence-electron chi connectivity index (χ1n) is 9.66. The Morgan fingerprint density at radius 3 is 1.97 bits per heavy atom. The van der Waals surface area contributed by atoms with Crippen molar-refractivity contribution in [3.05, 3.63) is 59.1 Å². The van der Waals surface area contributed by atoms with Crippen LogP contribution < -0.4 is 9.62 Å². The molecule has 2 rings (SSSR count). The van der Waals surface area contributed by atoms with E-state index in [0.29, 0.717) is 10.7 Å². The van der Waals surface area contributed by atoms with Crippen molar-refractivity contribution in [2.45, 2.75) is 45.6 Å². The van der Waals surface area contributed by atoms with E-state index >= 15 is 0 Å². The second kappa shape index (κ2) is 9.63. The van der Waals surface area contributed by atoms with Gasteiger partial charge in [0.15, 0.2) is 0 Å². The number of nitrogens with one attached hydrogen (secondary N) is 1. The number of hydrogen-bond acceptors (Lipinski definition) is 3. The predicted octanol–water partition coefficient (Wildman–Crippen LogP) is 4.64. The highest BCUT2D eigenvalue weighted by Crippen LogP contribution is 2.25. The van der Waals surface area contributed by atoms with E-state index in [1.54, 1.807) is 12.1 Å². The lowest BCUT2D eigenvalue weighted by molar-refractivity contribution is -0.121. The van der Waals surface area contributed by atoms with Gasteiger partial charge in [-0.15, -0.1) is 0 Å². The third-order valence-corrected chi connectivity index (χ3v) is 6.81. The first-order valence-corrected chi connectivity index (χ1v) is 11.5. The fraction of sp³-hybridized carbons (Fsp3) is 0.409. The van der Waals surface area contributed by atoms with Gasteiger partial charge in [-0.3, -0.25) is 9.10 Å². The van der Waals surface area contributed by atoms with Gasteiger partial charge in [-0.05, 0) is 55.2 Å². The molecule has 0 saturated carbocycles.